The summed E-state index contributed by atoms with van der Waals surface area (Å²) < 4.78 is 6.86. The molecule has 2 aromatic rings. The number of carbonyl (C=O) groups excluding carboxylic acids is 1. The molecule has 1 atom stereocenters. The maximum atomic E-state index is 13.2. The minimum atomic E-state index is -0.971. The van der Waals surface area contributed by atoms with Crippen LogP contribution in [0, 0.1) is 0 Å². The number of pyridine rings is 1. The van der Waals surface area contributed by atoms with Gasteiger partial charge in [-0.05, 0) is 18.6 Å². The Hall–Kier alpha value is -3.01. The van der Waals surface area contributed by atoms with E-state index in [1.807, 2.05) is 6.92 Å². The van der Waals surface area contributed by atoms with Crippen molar-refractivity contribution in [1.29, 1.82) is 0 Å². The molecule has 0 unspecified atom stereocenters. The Morgan fingerprint density at radius 1 is 1.30 bits per heavy atom. The molecule has 2 N–H and O–H groups in total. The molecule has 2 rings (SSSR count). The minimum Gasteiger partial charge on any atom is -0.481 e. The van der Waals surface area contributed by atoms with E-state index in [1.165, 1.54) is 9.47 Å². The summed E-state index contributed by atoms with van der Waals surface area (Å²) in [7, 11) is 3.20. The molecule has 0 aliphatic carbocycles. The van der Waals surface area contributed by atoms with Crippen LogP contribution in [0.2, 0.25) is 0 Å². The lowest BCUT2D eigenvalue weighted by Crippen LogP contribution is -2.32. The van der Waals surface area contributed by atoms with Gasteiger partial charge in [-0.1, -0.05) is 20.3 Å². The van der Waals surface area contributed by atoms with Crippen molar-refractivity contribution in [3.05, 3.63) is 22.5 Å². The quantitative estimate of drug-likeness (QED) is 0.566. The average molecular weight is 419 g/mol. The van der Waals surface area contributed by atoms with E-state index in [4.69, 9.17) is 9.84 Å². The molecule has 0 radical (unpaired) electrons. The predicted molar refractivity (Wildman–Crippen MR) is 114 cm³/mol. The second kappa shape index (κ2) is 10.7. The van der Waals surface area contributed by atoms with Gasteiger partial charge < -0.3 is 15.2 Å². The molecule has 10 heteroatoms. The first kappa shape index (κ1) is 23.3. The molecule has 0 aliphatic rings. The number of anilines is 2. The number of carbonyl (C=O) groups is 2. The summed E-state index contributed by atoms with van der Waals surface area (Å²) in [5.41, 5.74) is 0.413. The summed E-state index contributed by atoms with van der Waals surface area (Å²) in [5, 5.41) is 11.7. The second-order valence-corrected chi connectivity index (χ2v) is 6.92. The monoisotopic (exact) mass is 419 g/mol. The fourth-order valence-electron chi connectivity index (χ4n) is 3.18. The van der Waals surface area contributed by atoms with Crippen LogP contribution < -0.4 is 15.8 Å². The first-order chi connectivity index (χ1) is 14.3. The Bertz CT molecular complexity index is 952. The number of nitrogens with one attached hydrogen (secondary N) is 1. The van der Waals surface area contributed by atoms with Crippen LogP contribution >= 0.6 is 0 Å². The smallest absolute Gasteiger partial charge is 0.305 e. The molecule has 0 spiro atoms. The van der Waals surface area contributed by atoms with E-state index in [0.29, 0.717) is 36.4 Å². The highest BCUT2D eigenvalue weighted by Gasteiger charge is 2.21. The largest absolute Gasteiger partial charge is 0.481 e. The Labute approximate surface area is 174 Å². The van der Waals surface area contributed by atoms with Gasteiger partial charge in [0.15, 0.2) is 11.5 Å². The van der Waals surface area contributed by atoms with Gasteiger partial charge in [0.1, 0.15) is 11.3 Å². The third kappa shape index (κ3) is 5.32. The van der Waals surface area contributed by atoms with Crippen LogP contribution in [-0.4, -0.2) is 58.8 Å². The van der Waals surface area contributed by atoms with E-state index < -0.39 is 11.5 Å². The normalized spacial score (nSPS) is 12.0. The highest BCUT2D eigenvalue weighted by atomic mass is 16.5. The SMILES string of the molecule is CCC[C@H](COC)n1c(=O)c(NCCC(=O)O)nc2ccc(N(C)C(=O)CC)nc21. The van der Waals surface area contributed by atoms with E-state index in [-0.39, 0.29) is 30.7 Å². The highest BCUT2D eigenvalue weighted by Crippen LogP contribution is 2.22. The molecule has 30 heavy (non-hydrogen) atoms. The predicted octanol–water partition coefficient (Wildman–Crippen LogP) is 2.04. The number of aromatic nitrogens is 3. The number of carboxylic acids is 1. The number of ether oxygens (including phenoxy) is 1. The van der Waals surface area contributed by atoms with Crippen molar-refractivity contribution in [3.63, 3.8) is 0 Å². The summed E-state index contributed by atoms with van der Waals surface area (Å²) in [6.45, 7) is 4.15. The van der Waals surface area contributed by atoms with Crippen LogP contribution in [0.5, 0.6) is 0 Å². The van der Waals surface area contributed by atoms with Crippen molar-refractivity contribution in [3.8, 4) is 0 Å². The van der Waals surface area contributed by atoms with E-state index in [1.54, 1.807) is 33.2 Å². The van der Waals surface area contributed by atoms with Crippen LogP contribution in [0.25, 0.3) is 11.2 Å². The molecular formula is C20H29N5O5. The Balaban J connectivity index is 2.65. The first-order valence-corrected chi connectivity index (χ1v) is 9.98. The molecule has 0 aliphatic heterocycles. The fraction of sp³-hybridized carbons (Fsp3) is 0.550. The summed E-state index contributed by atoms with van der Waals surface area (Å²) in [6.07, 6.45) is 1.68. The number of hydrogen-bond donors (Lipinski definition) is 2. The molecule has 10 nitrogen and oxygen atoms in total. The maximum Gasteiger partial charge on any atom is 0.305 e. The first-order valence-electron chi connectivity index (χ1n) is 9.98. The van der Waals surface area contributed by atoms with E-state index in [9.17, 15) is 14.4 Å². The van der Waals surface area contributed by atoms with E-state index >= 15 is 0 Å². The molecule has 0 aromatic carbocycles. The molecule has 0 saturated carbocycles. The van der Waals surface area contributed by atoms with Crippen molar-refractivity contribution in [2.75, 3.05) is 37.5 Å². The maximum absolute atomic E-state index is 13.2. The molecule has 2 heterocycles. The summed E-state index contributed by atoms with van der Waals surface area (Å²) in [6, 6.07) is 3.09. The third-order valence-corrected chi connectivity index (χ3v) is 4.72. The summed E-state index contributed by atoms with van der Waals surface area (Å²) >= 11 is 0. The fourth-order valence-corrected chi connectivity index (χ4v) is 3.18. The number of rotatable bonds is 11. The third-order valence-electron chi connectivity index (χ3n) is 4.72. The van der Waals surface area contributed by atoms with Crippen molar-refractivity contribution in [2.24, 2.45) is 0 Å². The van der Waals surface area contributed by atoms with Crippen LogP contribution in [-0.2, 0) is 14.3 Å². The number of carboxylic acid groups (broad SMARTS) is 1. The van der Waals surface area contributed by atoms with Gasteiger partial charge >= 0.3 is 5.97 Å². The Morgan fingerprint density at radius 2 is 2.03 bits per heavy atom. The van der Waals surface area contributed by atoms with Crippen molar-refractivity contribution >= 4 is 34.7 Å². The van der Waals surface area contributed by atoms with Crippen LogP contribution in [0.1, 0.15) is 45.6 Å². The van der Waals surface area contributed by atoms with Gasteiger partial charge in [-0.2, -0.15) is 0 Å². The van der Waals surface area contributed by atoms with Crippen LogP contribution in [0.3, 0.4) is 0 Å². The van der Waals surface area contributed by atoms with E-state index in [0.717, 1.165) is 6.42 Å². The Kier molecular flexibility index (Phi) is 8.28. The van der Waals surface area contributed by atoms with Crippen molar-refractivity contribution in [1.82, 2.24) is 14.5 Å². The zero-order valence-electron chi connectivity index (χ0n) is 17.8. The average Bonchev–Trinajstić information content (AvgIpc) is 2.72. The second-order valence-electron chi connectivity index (χ2n) is 6.92. The van der Waals surface area contributed by atoms with Gasteiger partial charge in [-0.15, -0.1) is 0 Å². The van der Waals surface area contributed by atoms with Gasteiger partial charge in [-0.25, -0.2) is 9.97 Å². The van der Waals surface area contributed by atoms with E-state index in [2.05, 4.69) is 15.3 Å². The minimum absolute atomic E-state index is 0.0634. The summed E-state index contributed by atoms with van der Waals surface area (Å²) in [5.74, 6) is -0.587. The molecule has 164 valence electrons. The standard InChI is InChI=1S/C20H29N5O5/c1-5-7-13(12-30-4)25-19-14(8-9-15(23-19)24(3)16(26)6-2)22-18(20(25)29)21-11-10-17(27)28/h8-9,13H,5-7,10-12H2,1-4H3,(H,21,22)(H,27,28)/t13-/m1/s1. The Morgan fingerprint density at radius 3 is 2.63 bits per heavy atom. The number of fused-ring (bicyclic) bond motifs is 1. The molecule has 2 aromatic heterocycles. The molecule has 1 amide bonds. The number of nitrogens with zero attached hydrogens (tertiary/aromatic N) is 4. The number of amides is 1. The molecule has 0 saturated heterocycles. The molecule has 0 bridgehead atoms. The topological polar surface area (TPSA) is 127 Å². The zero-order chi connectivity index (χ0) is 22.3. The lowest BCUT2D eigenvalue weighted by atomic mass is 10.1. The number of hydrogen-bond acceptors (Lipinski definition) is 7. The number of methoxy groups -OCH3 is 1. The van der Waals surface area contributed by atoms with Gasteiger partial charge in [0.25, 0.3) is 5.56 Å². The van der Waals surface area contributed by atoms with Gasteiger partial charge in [0.05, 0.1) is 19.1 Å². The van der Waals surface area contributed by atoms with Crippen molar-refractivity contribution < 1.29 is 19.4 Å². The van der Waals surface area contributed by atoms with Crippen molar-refractivity contribution in [2.45, 2.75) is 45.6 Å². The highest BCUT2D eigenvalue weighted by molar-refractivity contribution is 5.92. The van der Waals surface area contributed by atoms with Crippen LogP contribution in [0.4, 0.5) is 11.6 Å². The van der Waals surface area contributed by atoms with Crippen LogP contribution in [0.15, 0.2) is 16.9 Å². The zero-order valence-corrected chi connectivity index (χ0v) is 17.8. The lowest BCUT2D eigenvalue weighted by Gasteiger charge is -2.22. The van der Waals surface area contributed by atoms with Gasteiger partial charge in [0.2, 0.25) is 5.91 Å². The van der Waals surface area contributed by atoms with Gasteiger partial charge in [0, 0.05) is 27.1 Å². The lowest BCUT2D eigenvalue weighted by molar-refractivity contribution is -0.136. The molecular weight excluding hydrogens is 390 g/mol. The van der Waals surface area contributed by atoms with Gasteiger partial charge in [-0.3, -0.25) is 23.9 Å². The summed E-state index contributed by atoms with van der Waals surface area (Å²) in [4.78, 5) is 46.5. The molecule has 0 fully saturated rings. The number of aliphatic carboxylic acids is 1.